The fraction of sp³-hybridized carbons (Fsp3) is 0.333. The molecule has 1 amide bonds. The van der Waals surface area contributed by atoms with Gasteiger partial charge in [0.2, 0.25) is 0 Å². The normalized spacial score (nSPS) is 32.3. The molecule has 4 atom stereocenters. The van der Waals surface area contributed by atoms with Crippen LogP contribution in [0.5, 0.6) is 0 Å². The average Bonchev–Trinajstić information content (AvgIpc) is 2.47. The van der Waals surface area contributed by atoms with E-state index < -0.39 is 6.09 Å². The molecule has 0 radical (unpaired) electrons. The molecule has 1 N–H and O–H groups in total. The van der Waals surface area contributed by atoms with Crippen molar-refractivity contribution >= 4 is 12.4 Å². The Hall–Kier alpha value is -2.10. The maximum Gasteiger partial charge on any atom is 0.407 e. The lowest BCUT2D eigenvalue weighted by atomic mass is 9.67. The van der Waals surface area contributed by atoms with Crippen LogP contribution in [0.2, 0.25) is 0 Å². The number of piperidine rings is 1. The Morgan fingerprint density at radius 1 is 1.26 bits per heavy atom. The van der Waals surface area contributed by atoms with Crippen molar-refractivity contribution in [1.29, 1.82) is 0 Å². The number of fused-ring (bicyclic) bond motifs is 2. The van der Waals surface area contributed by atoms with Crippen LogP contribution in [-0.4, -0.2) is 35.0 Å². The molecule has 3 aliphatic rings. The van der Waals surface area contributed by atoms with E-state index in [0.29, 0.717) is 6.54 Å². The van der Waals surface area contributed by atoms with Gasteiger partial charge in [0.05, 0.1) is 6.04 Å². The highest BCUT2D eigenvalue weighted by atomic mass is 16.4. The predicted octanol–water partition coefficient (Wildman–Crippen LogP) is 2.13. The van der Waals surface area contributed by atoms with Gasteiger partial charge in [-0.15, -0.1) is 0 Å². The van der Waals surface area contributed by atoms with Crippen molar-refractivity contribution < 1.29 is 14.7 Å². The van der Waals surface area contributed by atoms with Crippen LogP contribution in [0.15, 0.2) is 42.5 Å². The van der Waals surface area contributed by atoms with Gasteiger partial charge in [-0.25, -0.2) is 4.79 Å². The molecule has 4 rings (SSSR count). The van der Waals surface area contributed by atoms with E-state index in [-0.39, 0.29) is 23.8 Å². The lowest BCUT2D eigenvalue weighted by molar-refractivity contribution is -0.115. The van der Waals surface area contributed by atoms with E-state index >= 15 is 0 Å². The summed E-state index contributed by atoms with van der Waals surface area (Å²) in [4.78, 5) is 24.1. The number of aldehydes is 1. The topological polar surface area (TPSA) is 57.6 Å². The van der Waals surface area contributed by atoms with Crippen molar-refractivity contribution in [3.8, 4) is 0 Å². The zero-order chi connectivity index (χ0) is 13.4. The van der Waals surface area contributed by atoms with E-state index in [0.717, 1.165) is 11.8 Å². The van der Waals surface area contributed by atoms with Crippen LogP contribution in [0.4, 0.5) is 4.79 Å². The maximum atomic E-state index is 11.4. The van der Waals surface area contributed by atoms with Gasteiger partial charge in [0.25, 0.3) is 0 Å². The molecule has 4 heteroatoms. The molecule has 98 valence electrons. The van der Waals surface area contributed by atoms with E-state index in [1.807, 2.05) is 36.4 Å². The van der Waals surface area contributed by atoms with Crippen molar-refractivity contribution in [2.45, 2.75) is 12.0 Å². The van der Waals surface area contributed by atoms with Crippen molar-refractivity contribution in [2.75, 3.05) is 6.54 Å². The smallest absolute Gasteiger partial charge is 0.407 e. The second-order valence-corrected chi connectivity index (χ2v) is 5.12. The highest BCUT2D eigenvalue weighted by molar-refractivity contribution is 5.70. The Kier molecular flexibility index (Phi) is 2.85. The molecule has 19 heavy (non-hydrogen) atoms. The standard InChI is InChI=1S/C15H15NO3/c17-9-12-13-7-6-11(8-16(13)15(18)19)14(12)10-4-2-1-3-5-10/h1-7,9,11-14H,8H2,(H,18,19)/t11-,12+,13-,14+/m0/s1. The third-order valence-corrected chi connectivity index (χ3v) is 4.18. The van der Waals surface area contributed by atoms with Gasteiger partial charge in [-0.05, 0) is 5.56 Å². The lowest BCUT2D eigenvalue weighted by Crippen LogP contribution is -2.56. The summed E-state index contributed by atoms with van der Waals surface area (Å²) in [6.07, 6.45) is 3.88. The van der Waals surface area contributed by atoms with Crippen LogP contribution in [-0.2, 0) is 4.79 Å². The minimum absolute atomic E-state index is 0.0821. The quantitative estimate of drug-likeness (QED) is 0.652. The van der Waals surface area contributed by atoms with Crippen LogP contribution < -0.4 is 0 Å². The van der Waals surface area contributed by atoms with E-state index in [2.05, 4.69) is 6.08 Å². The van der Waals surface area contributed by atoms with Crippen LogP contribution in [0.3, 0.4) is 0 Å². The fourth-order valence-corrected chi connectivity index (χ4v) is 3.35. The van der Waals surface area contributed by atoms with E-state index in [4.69, 9.17) is 0 Å². The summed E-state index contributed by atoms with van der Waals surface area (Å²) >= 11 is 0. The van der Waals surface area contributed by atoms with Crippen molar-refractivity contribution in [2.24, 2.45) is 11.8 Å². The van der Waals surface area contributed by atoms with Crippen molar-refractivity contribution in [3.05, 3.63) is 48.0 Å². The number of rotatable bonds is 2. The highest BCUT2D eigenvalue weighted by Gasteiger charge is 2.46. The molecule has 0 spiro atoms. The number of amides is 1. The second kappa shape index (κ2) is 4.53. The molecule has 1 aromatic carbocycles. The van der Waals surface area contributed by atoms with Crippen LogP contribution >= 0.6 is 0 Å². The van der Waals surface area contributed by atoms with Crippen molar-refractivity contribution in [1.82, 2.24) is 4.90 Å². The Balaban J connectivity index is 1.99. The van der Waals surface area contributed by atoms with Gasteiger partial charge in [0.1, 0.15) is 6.29 Å². The molecule has 2 bridgehead atoms. The Morgan fingerprint density at radius 3 is 2.63 bits per heavy atom. The van der Waals surface area contributed by atoms with Gasteiger partial charge in [-0.2, -0.15) is 0 Å². The largest absolute Gasteiger partial charge is 0.465 e. The van der Waals surface area contributed by atoms with Crippen LogP contribution in [0.1, 0.15) is 11.5 Å². The minimum atomic E-state index is -0.947. The molecule has 1 fully saturated rings. The van der Waals surface area contributed by atoms with E-state index in [9.17, 15) is 14.7 Å². The fourth-order valence-electron chi connectivity index (χ4n) is 3.35. The number of carbonyl (C=O) groups is 2. The third kappa shape index (κ3) is 1.84. The minimum Gasteiger partial charge on any atom is -0.465 e. The van der Waals surface area contributed by atoms with E-state index in [1.165, 1.54) is 4.90 Å². The first-order valence-electron chi connectivity index (χ1n) is 6.40. The van der Waals surface area contributed by atoms with Gasteiger partial charge in [-0.3, -0.25) is 0 Å². The summed E-state index contributed by atoms with van der Waals surface area (Å²) in [6.45, 7) is 0.473. The first kappa shape index (κ1) is 12.0. The molecule has 0 unspecified atom stereocenters. The zero-order valence-corrected chi connectivity index (χ0v) is 10.3. The molecular weight excluding hydrogens is 242 g/mol. The Labute approximate surface area is 111 Å². The molecule has 2 aliphatic heterocycles. The number of hydrogen-bond donors (Lipinski definition) is 1. The Morgan fingerprint density at radius 2 is 2.00 bits per heavy atom. The monoisotopic (exact) mass is 257 g/mol. The first-order chi connectivity index (χ1) is 9.22. The predicted molar refractivity (Wildman–Crippen MR) is 69.9 cm³/mol. The Bertz CT molecular complexity index is 525. The molecule has 1 saturated heterocycles. The average molecular weight is 257 g/mol. The molecule has 4 nitrogen and oxygen atoms in total. The summed E-state index contributed by atoms with van der Waals surface area (Å²) in [6, 6.07) is 9.56. The molecule has 0 saturated carbocycles. The maximum absolute atomic E-state index is 11.4. The molecule has 1 aromatic rings. The SMILES string of the molecule is O=C[C@H]1[C@H](c2ccccc2)[C@H]2C=C[C@@H]1N(C(=O)O)C2. The number of nitrogens with zero attached hydrogens (tertiary/aromatic N) is 1. The summed E-state index contributed by atoms with van der Waals surface area (Å²) in [5, 5.41) is 9.21. The molecule has 2 heterocycles. The highest BCUT2D eigenvalue weighted by Crippen LogP contribution is 2.44. The summed E-state index contributed by atoms with van der Waals surface area (Å²) in [5.41, 5.74) is 1.11. The van der Waals surface area contributed by atoms with Gasteiger partial charge >= 0.3 is 6.09 Å². The molecule has 0 aromatic heterocycles. The van der Waals surface area contributed by atoms with E-state index in [1.54, 1.807) is 0 Å². The van der Waals surface area contributed by atoms with Gasteiger partial charge < -0.3 is 14.8 Å². The first-order valence-corrected chi connectivity index (χ1v) is 6.40. The van der Waals surface area contributed by atoms with Crippen molar-refractivity contribution in [3.63, 3.8) is 0 Å². The molecule has 1 aliphatic carbocycles. The summed E-state index contributed by atoms with van der Waals surface area (Å²) in [5.74, 6) is -0.120. The number of carbonyl (C=O) groups excluding carboxylic acids is 1. The molecular formula is C15H15NO3. The number of hydrogen-bond acceptors (Lipinski definition) is 2. The van der Waals surface area contributed by atoms with Gasteiger partial charge in [-0.1, -0.05) is 42.5 Å². The van der Waals surface area contributed by atoms with Gasteiger partial charge in [0, 0.05) is 24.3 Å². The van der Waals surface area contributed by atoms with Crippen LogP contribution in [0, 0.1) is 11.8 Å². The number of carboxylic acid groups (broad SMARTS) is 1. The third-order valence-electron chi connectivity index (χ3n) is 4.18. The summed E-state index contributed by atoms with van der Waals surface area (Å²) < 4.78 is 0. The lowest BCUT2D eigenvalue weighted by Gasteiger charge is -2.48. The number of benzene rings is 1. The van der Waals surface area contributed by atoms with Crippen LogP contribution in [0.25, 0.3) is 0 Å². The second-order valence-electron chi connectivity index (χ2n) is 5.12. The van der Waals surface area contributed by atoms with Gasteiger partial charge in [0.15, 0.2) is 0 Å². The zero-order valence-electron chi connectivity index (χ0n) is 10.3. The summed E-state index contributed by atoms with van der Waals surface area (Å²) in [7, 11) is 0.